The van der Waals surface area contributed by atoms with Crippen LogP contribution in [0.25, 0.3) is 0 Å². The molecular weight excluding hydrogens is 259 g/mol. The predicted octanol–water partition coefficient (Wildman–Crippen LogP) is 1.86. The van der Waals surface area contributed by atoms with Crippen molar-refractivity contribution in [1.82, 2.24) is 0 Å². The molecule has 0 aliphatic rings. The molecule has 0 aliphatic heterocycles. The minimum absolute atomic E-state index is 0.462. The second kappa shape index (κ2) is 11.5. The summed E-state index contributed by atoms with van der Waals surface area (Å²) in [4.78, 5) is 0. The van der Waals surface area contributed by atoms with E-state index in [9.17, 15) is 5.11 Å². The highest BCUT2D eigenvalue weighted by Gasteiger charge is 2.35. The number of unbranched alkanes of at least 4 members (excludes halogenated alkanes) is 5. The third-order valence-corrected chi connectivity index (χ3v) is 3.43. The standard InChI is InChI=1S/C14H30O2.BH3O3/c1-6-7-8-9-10-11-12-16-14(4,5)13(2,3)15;2-1(3)4/h15H,6-12H2,1-5H3;2-4H. The zero-order valence-electron chi connectivity index (χ0n) is 13.7. The predicted molar refractivity (Wildman–Crippen MR) is 82.1 cm³/mol. The molecule has 0 atom stereocenters. The molecule has 122 valence electrons. The van der Waals surface area contributed by atoms with Crippen LogP contribution in [0.1, 0.15) is 73.1 Å². The molecule has 0 spiro atoms. The second-order valence-corrected chi connectivity index (χ2v) is 6.03. The van der Waals surface area contributed by atoms with E-state index in [2.05, 4.69) is 6.92 Å². The highest BCUT2D eigenvalue weighted by Crippen LogP contribution is 2.25. The van der Waals surface area contributed by atoms with Crippen molar-refractivity contribution in [2.75, 3.05) is 6.61 Å². The molecule has 0 fully saturated rings. The van der Waals surface area contributed by atoms with Crippen molar-refractivity contribution in [3.05, 3.63) is 0 Å². The lowest BCUT2D eigenvalue weighted by Gasteiger charge is -2.37. The van der Waals surface area contributed by atoms with Gasteiger partial charge in [0.05, 0.1) is 11.2 Å². The molecule has 0 unspecified atom stereocenters. The maximum absolute atomic E-state index is 9.89. The molecule has 0 aromatic carbocycles. The van der Waals surface area contributed by atoms with E-state index >= 15 is 0 Å². The molecule has 0 amide bonds. The minimum atomic E-state index is -2.17. The molecular formula is C14H33BO5. The quantitative estimate of drug-likeness (QED) is 0.385. The van der Waals surface area contributed by atoms with Crippen molar-refractivity contribution in [3.8, 4) is 0 Å². The topological polar surface area (TPSA) is 90.2 Å². The summed E-state index contributed by atoms with van der Waals surface area (Å²) in [6.45, 7) is 10.5. The van der Waals surface area contributed by atoms with E-state index in [0.717, 1.165) is 13.0 Å². The van der Waals surface area contributed by atoms with Gasteiger partial charge in [-0.3, -0.25) is 0 Å². The summed E-state index contributed by atoms with van der Waals surface area (Å²) in [5, 5.41) is 31.4. The first kappa shape index (κ1) is 22.2. The van der Waals surface area contributed by atoms with Crippen molar-refractivity contribution in [1.29, 1.82) is 0 Å². The Kier molecular flexibility index (Phi) is 12.8. The van der Waals surface area contributed by atoms with Crippen molar-refractivity contribution < 1.29 is 24.9 Å². The Labute approximate surface area is 124 Å². The molecule has 0 rings (SSSR count). The Balaban J connectivity index is 0. The fourth-order valence-corrected chi connectivity index (χ4v) is 1.39. The van der Waals surface area contributed by atoms with Crippen LogP contribution in [0.5, 0.6) is 0 Å². The van der Waals surface area contributed by atoms with Crippen molar-refractivity contribution in [2.24, 2.45) is 0 Å². The van der Waals surface area contributed by atoms with Crippen LogP contribution in [0.3, 0.4) is 0 Å². The van der Waals surface area contributed by atoms with Gasteiger partial charge in [0.1, 0.15) is 0 Å². The van der Waals surface area contributed by atoms with Gasteiger partial charge in [0, 0.05) is 6.61 Å². The van der Waals surface area contributed by atoms with Crippen molar-refractivity contribution >= 4 is 7.32 Å². The molecule has 4 N–H and O–H groups in total. The van der Waals surface area contributed by atoms with E-state index < -0.39 is 18.5 Å². The number of ether oxygens (including phenoxy) is 1. The number of hydrogen-bond acceptors (Lipinski definition) is 5. The zero-order chi connectivity index (χ0) is 16.2. The van der Waals surface area contributed by atoms with Gasteiger partial charge in [0.15, 0.2) is 0 Å². The second-order valence-electron chi connectivity index (χ2n) is 6.03. The van der Waals surface area contributed by atoms with E-state index in [-0.39, 0.29) is 0 Å². The summed E-state index contributed by atoms with van der Waals surface area (Å²) in [6, 6.07) is 0. The third kappa shape index (κ3) is 14.3. The lowest BCUT2D eigenvalue weighted by molar-refractivity contribution is -0.147. The molecule has 0 aromatic heterocycles. The molecule has 6 heteroatoms. The average Bonchev–Trinajstić information content (AvgIpc) is 2.25. The van der Waals surface area contributed by atoms with Crippen LogP contribution in [0.4, 0.5) is 0 Å². The SMILES string of the molecule is CCCCCCCCOC(C)(C)C(C)(C)O.OB(O)O. The summed E-state index contributed by atoms with van der Waals surface area (Å²) in [5.41, 5.74) is -1.24. The monoisotopic (exact) mass is 292 g/mol. The van der Waals surface area contributed by atoms with E-state index in [1.165, 1.54) is 32.1 Å². The molecule has 0 saturated heterocycles. The molecule has 0 aliphatic carbocycles. The molecule has 0 bridgehead atoms. The smallest absolute Gasteiger partial charge is 0.402 e. The summed E-state index contributed by atoms with van der Waals surface area (Å²) >= 11 is 0. The lowest BCUT2D eigenvalue weighted by atomic mass is 9.89. The van der Waals surface area contributed by atoms with E-state index in [1.807, 2.05) is 13.8 Å². The first-order valence-electron chi connectivity index (χ1n) is 7.45. The zero-order valence-corrected chi connectivity index (χ0v) is 13.7. The summed E-state index contributed by atoms with van der Waals surface area (Å²) < 4.78 is 5.75. The van der Waals surface area contributed by atoms with Crippen LogP contribution >= 0.6 is 0 Å². The Morgan fingerprint density at radius 1 is 0.850 bits per heavy atom. The molecule has 0 saturated carbocycles. The number of aliphatic hydroxyl groups is 1. The van der Waals surface area contributed by atoms with Gasteiger partial charge >= 0.3 is 7.32 Å². The van der Waals surface area contributed by atoms with Crippen LogP contribution in [0.2, 0.25) is 0 Å². The van der Waals surface area contributed by atoms with Gasteiger partial charge in [-0.1, -0.05) is 39.0 Å². The highest BCUT2D eigenvalue weighted by molar-refractivity contribution is 6.30. The lowest BCUT2D eigenvalue weighted by Crippen LogP contribution is -2.47. The maximum Gasteiger partial charge on any atom is 0.631 e. The molecule has 5 nitrogen and oxygen atoms in total. The third-order valence-electron chi connectivity index (χ3n) is 3.43. The largest absolute Gasteiger partial charge is 0.631 e. The van der Waals surface area contributed by atoms with Crippen LogP contribution in [0, 0.1) is 0 Å². The van der Waals surface area contributed by atoms with Gasteiger partial charge in [0.2, 0.25) is 0 Å². The van der Waals surface area contributed by atoms with Crippen LogP contribution in [-0.2, 0) is 4.74 Å². The summed E-state index contributed by atoms with van der Waals surface area (Å²) in [7, 11) is -2.17. The van der Waals surface area contributed by atoms with Crippen LogP contribution in [-0.4, -0.2) is 45.3 Å². The summed E-state index contributed by atoms with van der Waals surface area (Å²) in [5.74, 6) is 0. The maximum atomic E-state index is 9.89. The first-order valence-corrected chi connectivity index (χ1v) is 7.45. The van der Waals surface area contributed by atoms with Gasteiger partial charge in [-0.2, -0.15) is 0 Å². The van der Waals surface area contributed by atoms with E-state index in [4.69, 9.17) is 19.8 Å². The first-order chi connectivity index (χ1) is 9.04. The van der Waals surface area contributed by atoms with Gasteiger partial charge in [-0.15, -0.1) is 0 Å². The average molecular weight is 292 g/mol. The summed E-state index contributed by atoms with van der Waals surface area (Å²) in [6.07, 6.45) is 7.62. The van der Waals surface area contributed by atoms with Crippen LogP contribution < -0.4 is 0 Å². The molecule has 0 radical (unpaired) electrons. The molecule has 20 heavy (non-hydrogen) atoms. The van der Waals surface area contributed by atoms with E-state index in [0.29, 0.717) is 0 Å². The number of hydrogen-bond donors (Lipinski definition) is 4. The molecule has 0 heterocycles. The Morgan fingerprint density at radius 3 is 1.65 bits per heavy atom. The Bertz CT molecular complexity index is 211. The van der Waals surface area contributed by atoms with Gasteiger partial charge in [0.25, 0.3) is 0 Å². The Hall–Kier alpha value is -0.135. The normalized spacial score (nSPS) is 11.8. The number of rotatable bonds is 9. The van der Waals surface area contributed by atoms with E-state index in [1.54, 1.807) is 13.8 Å². The minimum Gasteiger partial charge on any atom is -0.402 e. The van der Waals surface area contributed by atoms with Crippen LogP contribution in [0.15, 0.2) is 0 Å². The molecule has 0 aromatic rings. The van der Waals surface area contributed by atoms with Gasteiger partial charge < -0.3 is 24.9 Å². The fraction of sp³-hybridized carbons (Fsp3) is 1.00. The van der Waals surface area contributed by atoms with Crippen molar-refractivity contribution in [3.63, 3.8) is 0 Å². The Morgan fingerprint density at radius 2 is 1.25 bits per heavy atom. The van der Waals surface area contributed by atoms with Gasteiger partial charge in [-0.05, 0) is 34.1 Å². The van der Waals surface area contributed by atoms with Gasteiger partial charge in [-0.25, -0.2) is 0 Å². The fourth-order valence-electron chi connectivity index (χ4n) is 1.39. The van der Waals surface area contributed by atoms with Crippen molar-refractivity contribution in [2.45, 2.75) is 84.3 Å². The highest BCUT2D eigenvalue weighted by atomic mass is 16.5.